The summed E-state index contributed by atoms with van der Waals surface area (Å²) in [5.41, 5.74) is 6.09. The number of hydrogen-bond acceptors (Lipinski definition) is 1. The highest BCUT2D eigenvalue weighted by Crippen LogP contribution is 2.41. The van der Waals surface area contributed by atoms with Crippen LogP contribution in [0.4, 0.5) is 11.4 Å². The molecule has 2 aromatic carbocycles. The van der Waals surface area contributed by atoms with Gasteiger partial charge in [-0.1, -0.05) is 24.3 Å². The lowest BCUT2D eigenvalue weighted by molar-refractivity contribution is -0.498. The zero-order valence-electron chi connectivity index (χ0n) is 11.8. The van der Waals surface area contributed by atoms with Crippen LogP contribution in [0, 0.1) is 0 Å². The van der Waals surface area contributed by atoms with Gasteiger partial charge in [0.2, 0.25) is 11.2 Å². The van der Waals surface area contributed by atoms with E-state index < -0.39 is 0 Å². The largest absolute Gasteiger partial charge is 1.00 e. The Morgan fingerprint density at radius 1 is 0.773 bits per heavy atom. The second-order valence-electron chi connectivity index (χ2n) is 5.43. The lowest BCUT2D eigenvalue weighted by Crippen LogP contribution is -3.00. The van der Waals surface area contributed by atoms with Crippen molar-refractivity contribution in [1.82, 2.24) is 0 Å². The quantitative estimate of drug-likeness (QED) is 0.337. The molecular formula is C19H13ClN2. The number of halogens is 1. The molecule has 0 saturated carbocycles. The summed E-state index contributed by atoms with van der Waals surface area (Å²) in [6.07, 6.45) is 2.14. The summed E-state index contributed by atoms with van der Waals surface area (Å²) in [6.45, 7) is 0. The third-order valence-corrected chi connectivity index (χ3v) is 4.22. The summed E-state index contributed by atoms with van der Waals surface area (Å²) in [6, 6.07) is 23.5. The maximum Gasteiger partial charge on any atom is 0.230 e. The molecule has 1 aliphatic rings. The fourth-order valence-corrected chi connectivity index (χ4v) is 3.32. The Hall–Kier alpha value is -2.58. The van der Waals surface area contributed by atoms with Gasteiger partial charge in [-0.05, 0) is 29.7 Å². The molecule has 0 amide bonds. The molecule has 0 atom stereocenters. The zero-order valence-corrected chi connectivity index (χ0v) is 12.5. The van der Waals surface area contributed by atoms with Crippen LogP contribution in [0.3, 0.4) is 0 Å². The molecule has 22 heavy (non-hydrogen) atoms. The molecule has 4 aromatic rings. The van der Waals surface area contributed by atoms with Crippen LogP contribution in [0.25, 0.3) is 27.5 Å². The number of nitrogens with one attached hydrogen (secondary N) is 1. The van der Waals surface area contributed by atoms with E-state index in [2.05, 4.69) is 82.6 Å². The predicted octanol–water partition coefficient (Wildman–Crippen LogP) is 1.31. The van der Waals surface area contributed by atoms with E-state index in [9.17, 15) is 0 Å². The first-order chi connectivity index (χ1) is 10.4. The number of fused-ring (bicyclic) bond motifs is 4. The second-order valence-corrected chi connectivity index (χ2v) is 5.43. The van der Waals surface area contributed by atoms with Gasteiger partial charge in [-0.2, -0.15) is 4.40 Å². The number of benzene rings is 2. The molecule has 0 fully saturated rings. The van der Waals surface area contributed by atoms with Crippen molar-refractivity contribution in [1.29, 1.82) is 0 Å². The molecule has 0 unspecified atom stereocenters. The lowest BCUT2D eigenvalue weighted by atomic mass is 9.96. The predicted molar refractivity (Wildman–Crippen MR) is 85.8 cm³/mol. The van der Waals surface area contributed by atoms with Crippen LogP contribution >= 0.6 is 0 Å². The molecule has 2 aromatic heterocycles. The zero-order chi connectivity index (χ0) is 13.8. The number of hydrogen-bond donors (Lipinski definition) is 1. The van der Waals surface area contributed by atoms with Crippen molar-refractivity contribution in [3.8, 4) is 11.3 Å². The van der Waals surface area contributed by atoms with E-state index in [1.165, 1.54) is 38.9 Å². The molecule has 3 heterocycles. The Balaban J connectivity index is 0.00000125. The van der Waals surface area contributed by atoms with Crippen LogP contribution in [0.1, 0.15) is 0 Å². The molecule has 0 aliphatic carbocycles. The van der Waals surface area contributed by atoms with Gasteiger partial charge in [0.15, 0.2) is 6.20 Å². The van der Waals surface area contributed by atoms with Gasteiger partial charge in [0.25, 0.3) is 0 Å². The molecule has 0 radical (unpaired) electrons. The van der Waals surface area contributed by atoms with E-state index in [4.69, 9.17) is 0 Å². The average Bonchev–Trinajstić information content (AvgIpc) is 2.54. The van der Waals surface area contributed by atoms with Gasteiger partial charge >= 0.3 is 0 Å². The van der Waals surface area contributed by atoms with Crippen LogP contribution in [0.15, 0.2) is 72.9 Å². The summed E-state index contributed by atoms with van der Waals surface area (Å²) in [5.74, 6) is 0. The molecule has 3 heteroatoms. The number of nitrogens with zero attached hydrogens (tertiary/aromatic N) is 1. The standard InChI is InChI=1S/C19H12N2.ClH/c1-2-9-16-15(8-1)19-18-13(6-5-10-17(18)20-16)12-14-7-3-4-11-21(14)19;/h1-12H;1H. The minimum absolute atomic E-state index is 0. The molecule has 1 N–H and O–H groups in total. The summed E-state index contributed by atoms with van der Waals surface area (Å²) < 4.78 is 2.28. The third kappa shape index (κ3) is 1.65. The molecule has 5 rings (SSSR count). The second kappa shape index (κ2) is 4.72. The van der Waals surface area contributed by atoms with Crippen molar-refractivity contribution in [2.45, 2.75) is 0 Å². The van der Waals surface area contributed by atoms with Gasteiger partial charge in [-0.3, -0.25) is 0 Å². The van der Waals surface area contributed by atoms with Crippen LogP contribution < -0.4 is 22.1 Å². The minimum Gasteiger partial charge on any atom is -1.00 e. The van der Waals surface area contributed by atoms with Crippen molar-refractivity contribution in [2.75, 3.05) is 5.32 Å². The van der Waals surface area contributed by atoms with E-state index in [1.54, 1.807) is 0 Å². The molecule has 0 saturated heterocycles. The van der Waals surface area contributed by atoms with E-state index in [0.29, 0.717) is 0 Å². The SMILES string of the molecule is [Cl-].c1ccc2c(c1)Nc1cccc3cc4cccc[n+]4c-2c13. The summed E-state index contributed by atoms with van der Waals surface area (Å²) >= 11 is 0. The van der Waals surface area contributed by atoms with E-state index in [-0.39, 0.29) is 12.4 Å². The van der Waals surface area contributed by atoms with Crippen molar-refractivity contribution < 1.29 is 16.8 Å². The first-order valence-electron chi connectivity index (χ1n) is 7.14. The maximum atomic E-state index is 3.56. The summed E-state index contributed by atoms with van der Waals surface area (Å²) in [5, 5.41) is 6.12. The molecule has 0 spiro atoms. The molecule has 2 nitrogen and oxygen atoms in total. The third-order valence-electron chi connectivity index (χ3n) is 4.22. The summed E-state index contributed by atoms with van der Waals surface area (Å²) in [4.78, 5) is 0. The van der Waals surface area contributed by atoms with Gasteiger partial charge < -0.3 is 17.7 Å². The Morgan fingerprint density at radius 2 is 1.59 bits per heavy atom. The number of rotatable bonds is 0. The summed E-state index contributed by atoms with van der Waals surface area (Å²) in [7, 11) is 0. The van der Waals surface area contributed by atoms with Crippen LogP contribution in [-0.4, -0.2) is 0 Å². The first kappa shape index (κ1) is 13.1. The normalized spacial score (nSPS) is 11.6. The number of para-hydroxylation sites is 1. The van der Waals surface area contributed by atoms with Crippen molar-refractivity contribution in [3.05, 3.63) is 72.9 Å². The topological polar surface area (TPSA) is 16.1 Å². The monoisotopic (exact) mass is 304 g/mol. The number of pyridine rings is 2. The highest BCUT2D eigenvalue weighted by atomic mass is 35.5. The van der Waals surface area contributed by atoms with Gasteiger partial charge in [0.05, 0.1) is 22.3 Å². The van der Waals surface area contributed by atoms with Gasteiger partial charge in [0.1, 0.15) is 0 Å². The van der Waals surface area contributed by atoms with Gasteiger partial charge in [-0.15, -0.1) is 0 Å². The van der Waals surface area contributed by atoms with Crippen molar-refractivity contribution in [3.63, 3.8) is 0 Å². The fourth-order valence-electron chi connectivity index (χ4n) is 3.32. The molecule has 0 bridgehead atoms. The van der Waals surface area contributed by atoms with Crippen LogP contribution in [-0.2, 0) is 0 Å². The first-order valence-corrected chi connectivity index (χ1v) is 7.14. The van der Waals surface area contributed by atoms with E-state index in [0.717, 1.165) is 0 Å². The Bertz CT molecular complexity index is 1020. The Kier molecular flexibility index (Phi) is 2.81. The molecule has 106 valence electrons. The average molecular weight is 305 g/mol. The number of aromatic nitrogens is 1. The minimum atomic E-state index is 0. The van der Waals surface area contributed by atoms with Gasteiger partial charge in [-0.25, -0.2) is 0 Å². The number of anilines is 2. The lowest BCUT2D eigenvalue weighted by Gasteiger charge is -2.19. The highest BCUT2D eigenvalue weighted by molar-refractivity contribution is 6.09. The fraction of sp³-hybridized carbons (Fsp3) is 0. The molecule has 1 aliphatic heterocycles. The maximum absolute atomic E-state index is 3.56. The van der Waals surface area contributed by atoms with Gasteiger partial charge in [0, 0.05) is 18.2 Å². The van der Waals surface area contributed by atoms with E-state index in [1.807, 2.05) is 0 Å². The highest BCUT2D eigenvalue weighted by Gasteiger charge is 2.26. The van der Waals surface area contributed by atoms with Crippen LogP contribution in [0.5, 0.6) is 0 Å². The van der Waals surface area contributed by atoms with E-state index >= 15 is 0 Å². The molecular weight excluding hydrogens is 292 g/mol. The van der Waals surface area contributed by atoms with Crippen molar-refractivity contribution in [2.24, 2.45) is 0 Å². The van der Waals surface area contributed by atoms with Crippen molar-refractivity contribution >= 4 is 27.7 Å². The smallest absolute Gasteiger partial charge is 0.230 e. The van der Waals surface area contributed by atoms with Crippen LogP contribution in [0.2, 0.25) is 0 Å². The Labute approximate surface area is 134 Å². The Morgan fingerprint density at radius 3 is 2.55 bits per heavy atom.